The van der Waals surface area contributed by atoms with E-state index < -0.39 is 0 Å². The van der Waals surface area contributed by atoms with Crippen LogP contribution in [0.3, 0.4) is 0 Å². The minimum absolute atomic E-state index is 0. The molecule has 1 N–H and O–H groups in total. The highest BCUT2D eigenvalue weighted by atomic mass is 127. The van der Waals surface area contributed by atoms with Crippen LogP contribution in [0.1, 0.15) is 18.5 Å². The molecule has 2 aliphatic rings. The van der Waals surface area contributed by atoms with Crippen LogP contribution in [0.25, 0.3) is 0 Å². The van der Waals surface area contributed by atoms with Crippen molar-refractivity contribution in [2.45, 2.75) is 25.4 Å². The van der Waals surface area contributed by atoms with Crippen LogP contribution in [0.2, 0.25) is 0 Å². The number of rotatable bonds is 5. The van der Waals surface area contributed by atoms with Crippen molar-refractivity contribution in [1.29, 1.82) is 0 Å². The molecule has 2 aromatic rings. The topological polar surface area (TPSA) is 70.1 Å². The Morgan fingerprint density at radius 2 is 2.00 bits per heavy atom. The first-order valence-corrected chi connectivity index (χ1v) is 9.76. The van der Waals surface area contributed by atoms with E-state index in [1.54, 1.807) is 31.4 Å². The fraction of sp³-hybridized carbons (Fsp3) is 0.381. The van der Waals surface area contributed by atoms with E-state index in [4.69, 9.17) is 4.74 Å². The van der Waals surface area contributed by atoms with Gasteiger partial charge in [0.1, 0.15) is 17.3 Å². The predicted molar refractivity (Wildman–Crippen MR) is 123 cm³/mol. The van der Waals surface area contributed by atoms with Crippen molar-refractivity contribution in [2.24, 2.45) is 4.99 Å². The largest absolute Gasteiger partial charge is 0.457 e. The van der Waals surface area contributed by atoms with E-state index in [1.807, 2.05) is 15.9 Å². The fourth-order valence-corrected chi connectivity index (χ4v) is 3.40. The molecule has 1 aromatic heterocycles. The van der Waals surface area contributed by atoms with Crippen LogP contribution in [0.5, 0.6) is 11.5 Å². The summed E-state index contributed by atoms with van der Waals surface area (Å²) in [7, 11) is 1.71. The van der Waals surface area contributed by atoms with Gasteiger partial charge in [0.15, 0.2) is 5.96 Å². The number of aromatic nitrogens is 1. The molecular formula is C21H25FIN5O2. The molecule has 0 atom stereocenters. The normalized spacial score (nSPS) is 16.9. The Hall–Kier alpha value is -2.43. The van der Waals surface area contributed by atoms with Crippen molar-refractivity contribution in [3.63, 3.8) is 0 Å². The standard InChI is InChI=1S/C21H24FN5O2.HI/c1-23-21(26-10-11-27(17-4-5-17)20(28)14-26)25-13-16-12-19(8-9-24-16)29-18-6-2-15(22)3-7-18;/h2-3,6-9,12,17H,4-5,10-11,13-14H2,1H3,(H,23,25);1H. The Kier molecular flexibility index (Phi) is 7.46. The van der Waals surface area contributed by atoms with Gasteiger partial charge < -0.3 is 19.9 Å². The molecule has 4 rings (SSSR count). The number of hydrogen-bond donors (Lipinski definition) is 1. The molecule has 7 nitrogen and oxygen atoms in total. The summed E-state index contributed by atoms with van der Waals surface area (Å²) >= 11 is 0. The van der Waals surface area contributed by atoms with Crippen LogP contribution in [-0.4, -0.2) is 59.4 Å². The van der Waals surface area contributed by atoms with Crippen LogP contribution in [0, 0.1) is 5.82 Å². The molecule has 9 heteroatoms. The number of carbonyl (C=O) groups excluding carboxylic acids is 1. The molecule has 0 unspecified atom stereocenters. The number of piperazine rings is 1. The van der Waals surface area contributed by atoms with Crippen LogP contribution >= 0.6 is 24.0 Å². The van der Waals surface area contributed by atoms with Crippen molar-refractivity contribution >= 4 is 35.8 Å². The molecule has 1 aliphatic carbocycles. The maximum absolute atomic E-state index is 13.0. The molecule has 1 aromatic carbocycles. The van der Waals surface area contributed by atoms with E-state index in [1.165, 1.54) is 12.1 Å². The maximum atomic E-state index is 13.0. The zero-order valence-electron chi connectivity index (χ0n) is 16.8. The SMILES string of the molecule is CN=C(NCc1cc(Oc2ccc(F)cc2)ccn1)N1CCN(C2CC2)C(=O)C1.I. The summed E-state index contributed by atoms with van der Waals surface area (Å²) in [4.78, 5) is 25.0. The third-order valence-corrected chi connectivity index (χ3v) is 5.02. The average molecular weight is 525 g/mol. The zero-order chi connectivity index (χ0) is 20.2. The number of nitrogens with one attached hydrogen (secondary N) is 1. The quantitative estimate of drug-likeness (QED) is 0.370. The summed E-state index contributed by atoms with van der Waals surface area (Å²) in [5, 5.41) is 3.27. The monoisotopic (exact) mass is 525 g/mol. The third kappa shape index (κ3) is 5.59. The number of hydrogen-bond acceptors (Lipinski definition) is 4. The van der Waals surface area contributed by atoms with E-state index in [9.17, 15) is 9.18 Å². The van der Waals surface area contributed by atoms with Gasteiger partial charge in [-0.3, -0.25) is 14.8 Å². The molecule has 160 valence electrons. The van der Waals surface area contributed by atoms with Crippen molar-refractivity contribution in [1.82, 2.24) is 20.1 Å². The molecule has 2 fully saturated rings. The Morgan fingerprint density at radius 1 is 1.23 bits per heavy atom. The van der Waals surface area contributed by atoms with Crippen molar-refractivity contribution in [3.05, 3.63) is 54.1 Å². The van der Waals surface area contributed by atoms with Crippen LogP contribution in [0.4, 0.5) is 4.39 Å². The van der Waals surface area contributed by atoms with Crippen molar-refractivity contribution in [2.75, 3.05) is 26.7 Å². The fourth-order valence-electron chi connectivity index (χ4n) is 3.40. The highest BCUT2D eigenvalue weighted by Gasteiger charge is 2.36. The third-order valence-electron chi connectivity index (χ3n) is 5.02. The Bertz CT molecular complexity index is 905. The lowest BCUT2D eigenvalue weighted by Crippen LogP contribution is -2.55. The molecule has 30 heavy (non-hydrogen) atoms. The molecule has 1 amide bonds. The highest BCUT2D eigenvalue weighted by molar-refractivity contribution is 14.0. The first-order chi connectivity index (χ1) is 14.1. The van der Waals surface area contributed by atoms with Gasteiger partial charge in [-0.25, -0.2) is 4.39 Å². The van der Waals surface area contributed by atoms with Gasteiger partial charge in [0.2, 0.25) is 5.91 Å². The molecule has 0 radical (unpaired) electrons. The number of amides is 1. The van der Waals surface area contributed by atoms with Crippen LogP contribution < -0.4 is 10.1 Å². The van der Waals surface area contributed by atoms with Crippen LogP contribution in [-0.2, 0) is 11.3 Å². The second-order valence-corrected chi connectivity index (χ2v) is 7.18. The maximum Gasteiger partial charge on any atom is 0.242 e. The van der Waals surface area contributed by atoms with Gasteiger partial charge in [-0.2, -0.15) is 0 Å². The lowest BCUT2D eigenvalue weighted by atomic mass is 10.3. The Morgan fingerprint density at radius 3 is 2.67 bits per heavy atom. The number of carbonyl (C=O) groups is 1. The summed E-state index contributed by atoms with van der Waals surface area (Å²) < 4.78 is 18.8. The van der Waals surface area contributed by atoms with E-state index >= 15 is 0 Å². The molecule has 0 bridgehead atoms. The van der Waals surface area contributed by atoms with Gasteiger partial charge >= 0.3 is 0 Å². The minimum atomic E-state index is -0.306. The number of ether oxygens (including phenoxy) is 1. The van der Waals surface area contributed by atoms with Gasteiger partial charge in [-0.05, 0) is 43.2 Å². The second kappa shape index (κ2) is 10.1. The molecule has 0 spiro atoms. The zero-order valence-corrected chi connectivity index (χ0v) is 19.1. The van der Waals surface area contributed by atoms with E-state index in [0.717, 1.165) is 31.6 Å². The first-order valence-electron chi connectivity index (χ1n) is 9.76. The van der Waals surface area contributed by atoms with Crippen LogP contribution in [0.15, 0.2) is 47.6 Å². The summed E-state index contributed by atoms with van der Waals surface area (Å²) in [6, 6.07) is 9.88. The van der Waals surface area contributed by atoms with Gasteiger partial charge in [0.25, 0.3) is 0 Å². The smallest absolute Gasteiger partial charge is 0.242 e. The van der Waals surface area contributed by atoms with Gasteiger partial charge in [-0.1, -0.05) is 0 Å². The van der Waals surface area contributed by atoms with E-state index in [0.29, 0.717) is 36.6 Å². The molecular weight excluding hydrogens is 500 g/mol. The highest BCUT2D eigenvalue weighted by Crippen LogP contribution is 2.28. The molecule has 1 aliphatic heterocycles. The Labute approximate surface area is 192 Å². The number of nitrogens with zero attached hydrogens (tertiary/aromatic N) is 4. The van der Waals surface area contributed by atoms with Gasteiger partial charge in [-0.15, -0.1) is 24.0 Å². The van der Waals surface area contributed by atoms with Gasteiger partial charge in [0, 0.05) is 38.4 Å². The minimum Gasteiger partial charge on any atom is -0.457 e. The van der Waals surface area contributed by atoms with Gasteiger partial charge in [0.05, 0.1) is 18.8 Å². The van der Waals surface area contributed by atoms with E-state index in [2.05, 4.69) is 15.3 Å². The number of benzene rings is 1. The van der Waals surface area contributed by atoms with Crippen molar-refractivity contribution < 1.29 is 13.9 Å². The average Bonchev–Trinajstić information content (AvgIpc) is 3.56. The molecule has 1 saturated heterocycles. The second-order valence-electron chi connectivity index (χ2n) is 7.18. The lowest BCUT2D eigenvalue weighted by Gasteiger charge is -2.36. The summed E-state index contributed by atoms with van der Waals surface area (Å²) in [6.45, 7) is 2.30. The predicted octanol–water partition coefficient (Wildman–Crippen LogP) is 3.01. The number of halogens is 2. The number of pyridine rings is 1. The Balaban J connectivity index is 0.00000256. The summed E-state index contributed by atoms with van der Waals surface area (Å²) in [5.74, 6) is 1.71. The van der Waals surface area contributed by atoms with Crippen molar-refractivity contribution in [3.8, 4) is 11.5 Å². The number of aliphatic imine (C=N–C) groups is 1. The molecule has 2 heterocycles. The first kappa shape index (κ1) is 22.3. The lowest BCUT2D eigenvalue weighted by molar-refractivity contribution is -0.135. The van der Waals surface area contributed by atoms with E-state index in [-0.39, 0.29) is 35.7 Å². The molecule has 1 saturated carbocycles. The summed E-state index contributed by atoms with van der Waals surface area (Å²) in [5.41, 5.74) is 0.772. The number of guanidine groups is 1. The summed E-state index contributed by atoms with van der Waals surface area (Å²) in [6.07, 6.45) is 3.91.